The second-order valence-electron chi connectivity index (χ2n) is 5.89. The van der Waals surface area contributed by atoms with Gasteiger partial charge in [0.15, 0.2) is 0 Å². The fourth-order valence-corrected chi connectivity index (χ4v) is 5.97. The van der Waals surface area contributed by atoms with E-state index in [0.29, 0.717) is 0 Å². The predicted octanol–water partition coefficient (Wildman–Crippen LogP) is 5.93. The molecule has 5 heteroatoms. The van der Waals surface area contributed by atoms with Crippen molar-refractivity contribution in [1.82, 2.24) is 9.97 Å². The molecule has 4 rings (SSSR count). The molecule has 0 saturated carbocycles. The van der Waals surface area contributed by atoms with Crippen LogP contribution in [0.15, 0.2) is 33.8 Å². The van der Waals surface area contributed by atoms with Crippen molar-refractivity contribution in [1.29, 1.82) is 0 Å². The second kappa shape index (κ2) is 6.54. The molecule has 0 fully saturated rings. The summed E-state index contributed by atoms with van der Waals surface area (Å²) < 4.78 is 1.13. The van der Waals surface area contributed by atoms with Crippen molar-refractivity contribution >= 4 is 49.2 Å². The topological polar surface area (TPSA) is 25.8 Å². The summed E-state index contributed by atoms with van der Waals surface area (Å²) in [6.07, 6.45) is 5.01. The summed E-state index contributed by atoms with van der Waals surface area (Å²) in [7, 11) is 0. The van der Waals surface area contributed by atoms with E-state index in [1.807, 2.05) is 30.0 Å². The van der Waals surface area contributed by atoms with Gasteiger partial charge >= 0.3 is 0 Å². The molecule has 0 saturated heterocycles. The smallest absolute Gasteiger partial charge is 0.128 e. The lowest BCUT2D eigenvalue weighted by Crippen LogP contribution is -1.99. The SMILES string of the molecule is Cc1nc(SCc2cccc(Br)c2)c2c3c(sc2n1)CCCC3. The maximum Gasteiger partial charge on any atom is 0.128 e. The molecule has 2 heterocycles. The predicted molar refractivity (Wildman–Crippen MR) is 102 cm³/mol. The third kappa shape index (κ3) is 3.19. The lowest BCUT2D eigenvalue weighted by atomic mass is 9.97. The third-order valence-electron chi connectivity index (χ3n) is 4.16. The van der Waals surface area contributed by atoms with Gasteiger partial charge in [-0.15, -0.1) is 23.1 Å². The summed E-state index contributed by atoms with van der Waals surface area (Å²) in [5, 5.41) is 2.49. The standard InChI is InChI=1S/C18H17BrN2S2/c1-11-20-17(22-10-12-5-4-6-13(19)9-12)16-14-7-2-3-8-15(14)23-18(16)21-11/h4-6,9H,2-3,7-8,10H2,1H3. The summed E-state index contributed by atoms with van der Waals surface area (Å²) >= 11 is 7.27. The minimum Gasteiger partial charge on any atom is -0.226 e. The molecule has 2 aromatic heterocycles. The Kier molecular flexibility index (Phi) is 4.43. The van der Waals surface area contributed by atoms with Crippen LogP contribution in [0.4, 0.5) is 0 Å². The summed E-state index contributed by atoms with van der Waals surface area (Å²) in [5.74, 6) is 1.82. The highest BCUT2D eigenvalue weighted by Crippen LogP contribution is 2.40. The van der Waals surface area contributed by atoms with Crippen molar-refractivity contribution in [3.63, 3.8) is 0 Å². The number of fused-ring (bicyclic) bond motifs is 3. The molecule has 0 bridgehead atoms. The number of hydrogen-bond acceptors (Lipinski definition) is 4. The number of benzene rings is 1. The van der Waals surface area contributed by atoms with Crippen LogP contribution < -0.4 is 0 Å². The molecule has 23 heavy (non-hydrogen) atoms. The van der Waals surface area contributed by atoms with E-state index in [2.05, 4.69) is 40.2 Å². The average molecular weight is 405 g/mol. The van der Waals surface area contributed by atoms with Crippen LogP contribution >= 0.6 is 39.0 Å². The fraction of sp³-hybridized carbons (Fsp3) is 0.333. The van der Waals surface area contributed by atoms with Crippen LogP contribution in [-0.2, 0) is 18.6 Å². The number of hydrogen-bond donors (Lipinski definition) is 0. The summed E-state index contributed by atoms with van der Waals surface area (Å²) in [6.45, 7) is 2.00. The normalized spacial score (nSPS) is 14.2. The molecule has 1 aliphatic carbocycles. The molecule has 0 aliphatic heterocycles. The third-order valence-corrected chi connectivity index (χ3v) is 6.88. The highest BCUT2D eigenvalue weighted by molar-refractivity contribution is 9.10. The molecule has 1 aliphatic rings. The Hall–Kier alpha value is -0.910. The van der Waals surface area contributed by atoms with Crippen molar-refractivity contribution in [3.05, 3.63) is 50.6 Å². The zero-order valence-corrected chi connectivity index (χ0v) is 16.2. The van der Waals surface area contributed by atoms with Crippen LogP contribution in [-0.4, -0.2) is 9.97 Å². The van der Waals surface area contributed by atoms with E-state index in [0.717, 1.165) is 21.1 Å². The van der Waals surface area contributed by atoms with E-state index in [9.17, 15) is 0 Å². The monoisotopic (exact) mass is 404 g/mol. The minimum absolute atomic E-state index is 0.882. The van der Waals surface area contributed by atoms with Gasteiger partial charge in [-0.2, -0.15) is 0 Å². The Morgan fingerprint density at radius 1 is 1.22 bits per heavy atom. The molecule has 0 amide bonds. The first-order chi connectivity index (χ1) is 11.2. The van der Waals surface area contributed by atoms with Gasteiger partial charge in [-0.05, 0) is 55.9 Å². The van der Waals surface area contributed by atoms with E-state index in [1.165, 1.54) is 51.9 Å². The highest BCUT2D eigenvalue weighted by atomic mass is 79.9. The van der Waals surface area contributed by atoms with Crippen LogP contribution in [0.5, 0.6) is 0 Å². The zero-order chi connectivity index (χ0) is 15.8. The Morgan fingerprint density at radius 3 is 2.96 bits per heavy atom. The number of thiophene rings is 1. The van der Waals surface area contributed by atoms with Crippen molar-refractivity contribution in [3.8, 4) is 0 Å². The van der Waals surface area contributed by atoms with Crippen molar-refractivity contribution in [2.45, 2.75) is 43.4 Å². The molecule has 0 spiro atoms. The lowest BCUT2D eigenvalue weighted by molar-refractivity contribution is 0.699. The van der Waals surface area contributed by atoms with Crippen molar-refractivity contribution in [2.24, 2.45) is 0 Å². The van der Waals surface area contributed by atoms with E-state index in [1.54, 1.807) is 0 Å². The first-order valence-electron chi connectivity index (χ1n) is 7.87. The Labute approximate surface area is 152 Å². The summed E-state index contributed by atoms with van der Waals surface area (Å²) in [5.41, 5.74) is 2.84. The van der Waals surface area contributed by atoms with Gasteiger partial charge in [-0.25, -0.2) is 9.97 Å². The maximum absolute atomic E-state index is 4.77. The van der Waals surface area contributed by atoms with Crippen LogP contribution in [0.25, 0.3) is 10.2 Å². The van der Waals surface area contributed by atoms with E-state index in [4.69, 9.17) is 9.97 Å². The van der Waals surface area contributed by atoms with Crippen LogP contribution in [0, 0.1) is 6.92 Å². The molecule has 0 N–H and O–H groups in total. The molecular formula is C18H17BrN2S2. The molecule has 0 atom stereocenters. The quantitative estimate of drug-likeness (QED) is 0.399. The van der Waals surface area contributed by atoms with Gasteiger partial charge in [-0.1, -0.05) is 28.1 Å². The summed E-state index contributed by atoms with van der Waals surface area (Å²) in [6, 6.07) is 8.51. The Morgan fingerprint density at radius 2 is 2.09 bits per heavy atom. The fourth-order valence-electron chi connectivity index (χ4n) is 3.11. The maximum atomic E-state index is 4.77. The van der Waals surface area contributed by atoms with Crippen LogP contribution in [0.3, 0.4) is 0 Å². The number of thioether (sulfide) groups is 1. The molecule has 0 unspecified atom stereocenters. The number of nitrogens with zero attached hydrogens (tertiary/aromatic N) is 2. The second-order valence-corrected chi connectivity index (χ2v) is 8.85. The van der Waals surface area contributed by atoms with Crippen molar-refractivity contribution < 1.29 is 0 Å². The molecular weight excluding hydrogens is 388 g/mol. The summed E-state index contributed by atoms with van der Waals surface area (Å²) in [4.78, 5) is 12.2. The first kappa shape index (κ1) is 15.6. The molecule has 1 aromatic carbocycles. The molecule has 3 aromatic rings. The van der Waals surface area contributed by atoms with Crippen molar-refractivity contribution in [2.75, 3.05) is 0 Å². The minimum atomic E-state index is 0.882. The van der Waals surface area contributed by atoms with Crippen LogP contribution in [0.1, 0.15) is 34.7 Å². The Balaban J connectivity index is 1.72. The van der Waals surface area contributed by atoms with Gasteiger partial charge in [-0.3, -0.25) is 0 Å². The molecule has 118 valence electrons. The van der Waals surface area contributed by atoms with Gasteiger partial charge in [0.1, 0.15) is 15.7 Å². The van der Waals surface area contributed by atoms with Crippen LogP contribution in [0.2, 0.25) is 0 Å². The van der Waals surface area contributed by atoms with Gasteiger partial charge in [0.25, 0.3) is 0 Å². The largest absolute Gasteiger partial charge is 0.226 e. The Bertz CT molecular complexity index is 873. The first-order valence-corrected chi connectivity index (χ1v) is 10.5. The lowest BCUT2D eigenvalue weighted by Gasteiger charge is -2.12. The van der Waals surface area contributed by atoms with E-state index < -0.39 is 0 Å². The number of rotatable bonds is 3. The number of aryl methyl sites for hydroxylation is 3. The van der Waals surface area contributed by atoms with Gasteiger partial charge < -0.3 is 0 Å². The number of halogens is 1. The van der Waals surface area contributed by atoms with Gasteiger partial charge in [0, 0.05) is 20.5 Å². The van der Waals surface area contributed by atoms with E-state index in [-0.39, 0.29) is 0 Å². The highest BCUT2D eigenvalue weighted by Gasteiger charge is 2.20. The zero-order valence-electron chi connectivity index (χ0n) is 12.9. The van der Waals surface area contributed by atoms with Gasteiger partial charge in [0.2, 0.25) is 0 Å². The number of aromatic nitrogens is 2. The van der Waals surface area contributed by atoms with E-state index >= 15 is 0 Å². The molecule has 0 radical (unpaired) electrons. The van der Waals surface area contributed by atoms with Gasteiger partial charge in [0.05, 0.1) is 0 Å². The molecule has 2 nitrogen and oxygen atoms in total. The average Bonchev–Trinajstić information content (AvgIpc) is 2.90.